The van der Waals surface area contributed by atoms with E-state index in [0.717, 1.165) is 0 Å². The highest BCUT2D eigenvalue weighted by atomic mass is 16.6. The van der Waals surface area contributed by atoms with Crippen LogP contribution in [0.1, 0.15) is 31.9 Å². The summed E-state index contributed by atoms with van der Waals surface area (Å²) in [6, 6.07) is 8.43. The zero-order valence-corrected chi connectivity index (χ0v) is 12.7. The van der Waals surface area contributed by atoms with E-state index in [1.54, 1.807) is 45.0 Å². The lowest BCUT2D eigenvalue weighted by atomic mass is 10.1. The molecule has 0 saturated carbocycles. The van der Waals surface area contributed by atoms with Gasteiger partial charge < -0.3 is 15.2 Å². The van der Waals surface area contributed by atoms with Crippen LogP contribution in [0.15, 0.2) is 29.8 Å². The van der Waals surface area contributed by atoms with E-state index in [0.29, 0.717) is 11.1 Å². The number of nitriles is 1. The van der Waals surface area contributed by atoms with E-state index in [2.05, 4.69) is 5.32 Å². The summed E-state index contributed by atoms with van der Waals surface area (Å²) in [5.41, 5.74) is 0.475. The third kappa shape index (κ3) is 6.09. The number of nitrogens with one attached hydrogen (secondary N) is 1. The maximum absolute atomic E-state index is 11.5. The molecule has 0 bridgehead atoms. The zero-order chi connectivity index (χ0) is 16.8. The highest BCUT2D eigenvalue weighted by Gasteiger charge is 2.17. The summed E-state index contributed by atoms with van der Waals surface area (Å²) in [6.45, 7) is 5.00. The van der Waals surface area contributed by atoms with Crippen molar-refractivity contribution in [2.24, 2.45) is 0 Å². The van der Waals surface area contributed by atoms with Crippen LogP contribution in [-0.2, 0) is 9.53 Å². The lowest BCUT2D eigenvalue weighted by molar-refractivity contribution is -0.132. The number of amides is 1. The van der Waals surface area contributed by atoms with Gasteiger partial charge in [0.2, 0.25) is 0 Å². The molecule has 0 aliphatic rings. The Labute approximate surface area is 129 Å². The molecule has 1 aromatic carbocycles. The van der Waals surface area contributed by atoms with Crippen LogP contribution in [0.4, 0.5) is 4.79 Å². The van der Waals surface area contributed by atoms with Gasteiger partial charge in [0.05, 0.1) is 23.8 Å². The fourth-order valence-corrected chi connectivity index (χ4v) is 1.53. The Morgan fingerprint density at radius 1 is 1.32 bits per heavy atom. The summed E-state index contributed by atoms with van der Waals surface area (Å²) >= 11 is 0. The van der Waals surface area contributed by atoms with E-state index in [9.17, 15) is 9.59 Å². The number of carboxylic acid groups (broad SMARTS) is 1. The number of hydrogen-bond acceptors (Lipinski definition) is 4. The Kier molecular flexibility index (Phi) is 5.70. The number of carbonyl (C=O) groups excluding carboxylic acids is 1. The highest BCUT2D eigenvalue weighted by Crippen LogP contribution is 2.10. The molecule has 0 fully saturated rings. The van der Waals surface area contributed by atoms with Gasteiger partial charge in [-0.05, 0) is 44.5 Å². The van der Waals surface area contributed by atoms with Gasteiger partial charge in [0, 0.05) is 0 Å². The number of ether oxygens (including phenoxy) is 1. The number of carboxylic acids is 1. The van der Waals surface area contributed by atoms with Gasteiger partial charge in [-0.15, -0.1) is 0 Å². The summed E-state index contributed by atoms with van der Waals surface area (Å²) in [7, 11) is 0. The first kappa shape index (κ1) is 17.2. The van der Waals surface area contributed by atoms with Crippen molar-refractivity contribution in [2.75, 3.05) is 6.54 Å². The van der Waals surface area contributed by atoms with Crippen molar-refractivity contribution in [1.29, 1.82) is 5.26 Å². The minimum atomic E-state index is -1.14. The Hall–Kier alpha value is -2.81. The number of alkyl carbamates (subject to hydrolysis) is 1. The fraction of sp³-hybridized carbons (Fsp3) is 0.312. The predicted molar refractivity (Wildman–Crippen MR) is 81.0 cm³/mol. The number of hydrogen-bond donors (Lipinski definition) is 2. The molecule has 1 rings (SSSR count). The Bertz CT molecular complexity index is 619. The average Bonchev–Trinajstić information content (AvgIpc) is 2.41. The molecule has 1 amide bonds. The van der Waals surface area contributed by atoms with E-state index < -0.39 is 17.7 Å². The van der Waals surface area contributed by atoms with Crippen LogP contribution in [0.25, 0.3) is 6.08 Å². The first-order valence-corrected chi connectivity index (χ1v) is 6.62. The Balaban J connectivity index is 2.77. The summed E-state index contributed by atoms with van der Waals surface area (Å²) in [5, 5.41) is 20.3. The maximum atomic E-state index is 11.5. The van der Waals surface area contributed by atoms with Crippen LogP contribution in [0.5, 0.6) is 0 Å². The molecule has 0 radical (unpaired) electrons. The molecule has 6 heteroatoms. The molecule has 0 aliphatic carbocycles. The van der Waals surface area contributed by atoms with Crippen LogP contribution >= 0.6 is 0 Å². The van der Waals surface area contributed by atoms with Crippen molar-refractivity contribution in [3.8, 4) is 6.07 Å². The second kappa shape index (κ2) is 7.27. The minimum Gasteiger partial charge on any atom is -0.478 e. The number of rotatable bonds is 4. The van der Waals surface area contributed by atoms with Crippen LogP contribution in [0.3, 0.4) is 0 Å². The van der Waals surface area contributed by atoms with Gasteiger partial charge in [0.25, 0.3) is 0 Å². The van der Waals surface area contributed by atoms with Crippen LogP contribution in [0.2, 0.25) is 0 Å². The Morgan fingerprint density at radius 2 is 1.91 bits per heavy atom. The fourth-order valence-electron chi connectivity index (χ4n) is 1.53. The van der Waals surface area contributed by atoms with Crippen molar-refractivity contribution < 1.29 is 19.4 Å². The zero-order valence-electron chi connectivity index (χ0n) is 12.7. The molecule has 1 aromatic rings. The second-order valence-electron chi connectivity index (χ2n) is 5.56. The number of carbonyl (C=O) groups is 2. The second-order valence-corrected chi connectivity index (χ2v) is 5.56. The molecule has 0 spiro atoms. The van der Waals surface area contributed by atoms with Gasteiger partial charge in [0.15, 0.2) is 0 Å². The summed E-state index contributed by atoms with van der Waals surface area (Å²) in [4.78, 5) is 22.7. The topological polar surface area (TPSA) is 99.4 Å². The maximum Gasteiger partial charge on any atom is 0.407 e. The molecule has 2 N–H and O–H groups in total. The van der Waals surface area contributed by atoms with Crippen LogP contribution in [0, 0.1) is 11.3 Å². The third-order valence-corrected chi connectivity index (χ3v) is 2.48. The molecule has 22 heavy (non-hydrogen) atoms. The molecule has 0 aromatic heterocycles. The number of nitrogens with zero attached hydrogens (tertiary/aromatic N) is 1. The standard InChI is InChI=1S/C16H18N2O4/c1-16(2,3)22-15(21)18-10-13(14(19)20)8-11-4-6-12(9-17)7-5-11/h4-8H,10H2,1-3H3,(H,18,21)(H,19,20)/b13-8+. The van der Waals surface area contributed by atoms with Crippen molar-refractivity contribution in [1.82, 2.24) is 5.32 Å². The molecule has 0 atom stereocenters. The molecule has 0 heterocycles. The lowest BCUT2D eigenvalue weighted by Gasteiger charge is -2.19. The third-order valence-electron chi connectivity index (χ3n) is 2.48. The predicted octanol–water partition coefficient (Wildman–Crippen LogP) is 2.55. The summed E-state index contributed by atoms with van der Waals surface area (Å²) < 4.78 is 5.04. The van der Waals surface area contributed by atoms with Crippen molar-refractivity contribution >= 4 is 18.1 Å². The van der Waals surface area contributed by atoms with Gasteiger partial charge in [-0.1, -0.05) is 12.1 Å². The molecular formula is C16H18N2O4. The first-order valence-electron chi connectivity index (χ1n) is 6.62. The van der Waals surface area contributed by atoms with Crippen molar-refractivity contribution in [3.05, 3.63) is 41.0 Å². The molecule has 6 nitrogen and oxygen atoms in total. The molecule has 0 aliphatic heterocycles. The highest BCUT2D eigenvalue weighted by molar-refractivity contribution is 5.93. The minimum absolute atomic E-state index is 0.00978. The smallest absolute Gasteiger partial charge is 0.407 e. The molecule has 0 saturated heterocycles. The number of aliphatic carboxylic acids is 1. The summed E-state index contributed by atoms with van der Waals surface area (Å²) in [6.07, 6.45) is 0.750. The molecule has 0 unspecified atom stereocenters. The van der Waals surface area contributed by atoms with E-state index in [1.807, 2.05) is 6.07 Å². The lowest BCUT2D eigenvalue weighted by Crippen LogP contribution is -2.34. The van der Waals surface area contributed by atoms with Gasteiger partial charge in [-0.3, -0.25) is 0 Å². The van der Waals surface area contributed by atoms with E-state index >= 15 is 0 Å². The first-order chi connectivity index (χ1) is 10.2. The van der Waals surface area contributed by atoms with Crippen LogP contribution in [-0.4, -0.2) is 29.3 Å². The van der Waals surface area contributed by atoms with E-state index in [4.69, 9.17) is 15.1 Å². The van der Waals surface area contributed by atoms with Gasteiger partial charge in [0.1, 0.15) is 5.60 Å². The number of benzene rings is 1. The van der Waals surface area contributed by atoms with Crippen LogP contribution < -0.4 is 5.32 Å². The van der Waals surface area contributed by atoms with E-state index in [1.165, 1.54) is 6.08 Å². The average molecular weight is 302 g/mol. The quantitative estimate of drug-likeness (QED) is 0.833. The largest absolute Gasteiger partial charge is 0.478 e. The molecular weight excluding hydrogens is 284 g/mol. The van der Waals surface area contributed by atoms with Gasteiger partial charge in [-0.2, -0.15) is 5.26 Å². The van der Waals surface area contributed by atoms with E-state index in [-0.39, 0.29) is 12.1 Å². The van der Waals surface area contributed by atoms with Crippen molar-refractivity contribution in [3.63, 3.8) is 0 Å². The monoisotopic (exact) mass is 302 g/mol. The summed E-state index contributed by atoms with van der Waals surface area (Å²) in [5.74, 6) is -1.14. The Morgan fingerprint density at radius 3 is 2.36 bits per heavy atom. The normalized spacial score (nSPS) is 11.5. The molecule has 116 valence electrons. The van der Waals surface area contributed by atoms with Gasteiger partial charge in [-0.25, -0.2) is 9.59 Å². The van der Waals surface area contributed by atoms with Crippen molar-refractivity contribution in [2.45, 2.75) is 26.4 Å². The van der Waals surface area contributed by atoms with Gasteiger partial charge >= 0.3 is 12.1 Å². The SMILES string of the molecule is CC(C)(C)OC(=O)NC/C(=C\c1ccc(C#N)cc1)C(=O)O.